The Balaban J connectivity index is 1.46. The summed E-state index contributed by atoms with van der Waals surface area (Å²) in [4.78, 5) is 63.9. The van der Waals surface area contributed by atoms with Crippen LogP contribution in [0.5, 0.6) is 0 Å². The van der Waals surface area contributed by atoms with Crippen LogP contribution in [0.4, 0.5) is 5.69 Å². The highest BCUT2D eigenvalue weighted by Crippen LogP contribution is 2.26. The van der Waals surface area contributed by atoms with E-state index in [0.717, 1.165) is 4.90 Å². The van der Waals surface area contributed by atoms with E-state index in [1.54, 1.807) is 42.5 Å². The molecule has 0 fully saturated rings. The van der Waals surface area contributed by atoms with Gasteiger partial charge in [0.2, 0.25) is 0 Å². The molecule has 1 heterocycles. The van der Waals surface area contributed by atoms with Gasteiger partial charge in [0.25, 0.3) is 17.7 Å². The van der Waals surface area contributed by atoms with Gasteiger partial charge in [0.05, 0.1) is 23.8 Å². The molecule has 0 radical (unpaired) electrons. The van der Waals surface area contributed by atoms with Crippen LogP contribution < -0.4 is 5.32 Å². The van der Waals surface area contributed by atoms with E-state index < -0.39 is 42.3 Å². The fraction of sp³-hybridized carbons (Fsp3) is 0.148. The maximum absolute atomic E-state index is 13.1. The first kappa shape index (κ1) is 24.3. The van der Waals surface area contributed by atoms with Crippen LogP contribution in [-0.4, -0.2) is 54.3 Å². The molecule has 3 aromatic rings. The molecule has 1 N–H and O–H groups in total. The minimum Gasteiger partial charge on any atom is -0.465 e. The zero-order valence-corrected chi connectivity index (χ0v) is 19.3. The molecule has 3 amide bonds. The minimum atomic E-state index is -1.26. The molecule has 0 unspecified atom stereocenters. The second-order valence-electron chi connectivity index (χ2n) is 7.96. The summed E-state index contributed by atoms with van der Waals surface area (Å²) in [5.74, 6) is -3.22. The molecule has 1 aliphatic heterocycles. The standard InChI is InChI=1S/C27H22N2O7/c1-35-26(33)18-11-13-19(14-12-18)28-23(30)16-36-27(34)22(15-17-7-3-2-4-8-17)29-24(31)20-9-5-6-10-21(20)25(29)32/h2-14,22H,15-16H2,1H3,(H,28,30)/t22-/m1/s1. The Morgan fingerprint density at radius 2 is 1.42 bits per heavy atom. The summed E-state index contributed by atoms with van der Waals surface area (Å²) in [7, 11) is 1.26. The summed E-state index contributed by atoms with van der Waals surface area (Å²) >= 11 is 0. The molecule has 0 aliphatic carbocycles. The second kappa shape index (κ2) is 10.6. The monoisotopic (exact) mass is 486 g/mol. The molecule has 0 aromatic heterocycles. The Labute approximate surface area is 206 Å². The number of carbonyl (C=O) groups is 5. The molecule has 1 atom stereocenters. The Bertz CT molecular complexity index is 1280. The van der Waals surface area contributed by atoms with Gasteiger partial charge in [-0.25, -0.2) is 9.59 Å². The van der Waals surface area contributed by atoms with Crippen LogP contribution in [0, 0.1) is 0 Å². The predicted molar refractivity (Wildman–Crippen MR) is 128 cm³/mol. The van der Waals surface area contributed by atoms with Gasteiger partial charge in [0.1, 0.15) is 6.04 Å². The van der Waals surface area contributed by atoms with Gasteiger partial charge in [-0.05, 0) is 42.0 Å². The summed E-state index contributed by atoms with van der Waals surface area (Å²) in [6.45, 7) is -0.633. The molecule has 182 valence electrons. The quantitative estimate of drug-likeness (QED) is 0.384. The van der Waals surface area contributed by atoms with Gasteiger partial charge >= 0.3 is 11.9 Å². The number of ether oxygens (including phenoxy) is 2. The number of hydrogen-bond acceptors (Lipinski definition) is 7. The number of benzene rings is 3. The predicted octanol–water partition coefficient (Wildman–Crippen LogP) is 2.86. The van der Waals surface area contributed by atoms with E-state index in [1.807, 2.05) is 0 Å². The summed E-state index contributed by atoms with van der Waals surface area (Å²) in [5.41, 5.74) is 1.82. The topological polar surface area (TPSA) is 119 Å². The van der Waals surface area contributed by atoms with Crippen LogP contribution in [0.1, 0.15) is 36.6 Å². The number of anilines is 1. The third-order valence-corrected chi connectivity index (χ3v) is 5.62. The van der Waals surface area contributed by atoms with Crippen LogP contribution >= 0.6 is 0 Å². The van der Waals surface area contributed by atoms with Gasteiger partial charge < -0.3 is 14.8 Å². The van der Waals surface area contributed by atoms with Crippen molar-refractivity contribution in [2.75, 3.05) is 19.0 Å². The van der Waals surface area contributed by atoms with Crippen molar-refractivity contribution in [2.45, 2.75) is 12.5 Å². The molecular formula is C27H22N2O7. The van der Waals surface area contributed by atoms with E-state index in [2.05, 4.69) is 10.1 Å². The van der Waals surface area contributed by atoms with Gasteiger partial charge in [0, 0.05) is 12.1 Å². The van der Waals surface area contributed by atoms with Crippen molar-refractivity contribution >= 4 is 35.3 Å². The first-order chi connectivity index (χ1) is 17.4. The SMILES string of the molecule is COC(=O)c1ccc(NC(=O)COC(=O)[C@@H](Cc2ccccc2)N2C(=O)c3ccccc3C2=O)cc1. The lowest BCUT2D eigenvalue weighted by Gasteiger charge is -2.24. The van der Waals surface area contributed by atoms with Crippen molar-refractivity contribution in [3.63, 3.8) is 0 Å². The number of fused-ring (bicyclic) bond motifs is 1. The highest BCUT2D eigenvalue weighted by atomic mass is 16.5. The van der Waals surface area contributed by atoms with E-state index in [-0.39, 0.29) is 17.5 Å². The molecule has 1 aliphatic rings. The van der Waals surface area contributed by atoms with Crippen molar-refractivity contribution < 1.29 is 33.4 Å². The lowest BCUT2D eigenvalue weighted by Crippen LogP contribution is -2.47. The second-order valence-corrected chi connectivity index (χ2v) is 7.96. The number of amides is 3. The van der Waals surface area contributed by atoms with Crippen molar-refractivity contribution in [1.82, 2.24) is 4.90 Å². The minimum absolute atomic E-state index is 0.0295. The van der Waals surface area contributed by atoms with Crippen molar-refractivity contribution in [1.29, 1.82) is 0 Å². The van der Waals surface area contributed by atoms with Crippen molar-refractivity contribution in [2.24, 2.45) is 0 Å². The normalized spacial score (nSPS) is 13.1. The first-order valence-corrected chi connectivity index (χ1v) is 11.0. The number of methoxy groups -OCH3 is 1. The van der Waals surface area contributed by atoms with Crippen LogP contribution in [0.3, 0.4) is 0 Å². The highest BCUT2D eigenvalue weighted by molar-refractivity contribution is 6.22. The fourth-order valence-corrected chi connectivity index (χ4v) is 3.85. The van der Waals surface area contributed by atoms with Gasteiger partial charge in [0.15, 0.2) is 6.61 Å². The molecule has 9 heteroatoms. The number of carbonyl (C=O) groups excluding carboxylic acids is 5. The molecule has 0 saturated carbocycles. The smallest absolute Gasteiger partial charge is 0.337 e. The lowest BCUT2D eigenvalue weighted by molar-refractivity contribution is -0.151. The molecule has 0 bridgehead atoms. The zero-order valence-electron chi connectivity index (χ0n) is 19.3. The third-order valence-electron chi connectivity index (χ3n) is 5.62. The van der Waals surface area contributed by atoms with Crippen molar-refractivity contribution in [3.05, 3.63) is 101 Å². The maximum Gasteiger partial charge on any atom is 0.337 e. The highest BCUT2D eigenvalue weighted by Gasteiger charge is 2.43. The van der Waals surface area contributed by atoms with Gasteiger partial charge in [-0.3, -0.25) is 19.3 Å². The van der Waals surface area contributed by atoms with E-state index in [1.165, 1.54) is 43.5 Å². The fourth-order valence-electron chi connectivity index (χ4n) is 3.85. The average Bonchev–Trinajstić information content (AvgIpc) is 3.16. The molecule has 9 nitrogen and oxygen atoms in total. The zero-order chi connectivity index (χ0) is 25.7. The van der Waals surface area contributed by atoms with Crippen LogP contribution in [-0.2, 0) is 25.5 Å². The number of esters is 2. The third kappa shape index (κ3) is 5.15. The number of rotatable bonds is 8. The van der Waals surface area contributed by atoms with Gasteiger partial charge in [-0.15, -0.1) is 0 Å². The van der Waals surface area contributed by atoms with E-state index in [4.69, 9.17) is 4.74 Å². The summed E-state index contributed by atoms with van der Waals surface area (Å²) in [6.07, 6.45) is 0.0295. The summed E-state index contributed by atoms with van der Waals surface area (Å²) in [6, 6.07) is 19.9. The molecule has 4 rings (SSSR count). The van der Waals surface area contributed by atoms with Crippen LogP contribution in [0.15, 0.2) is 78.9 Å². The molecule has 3 aromatic carbocycles. The van der Waals surface area contributed by atoms with Crippen LogP contribution in [0.2, 0.25) is 0 Å². The Hall–Kier alpha value is -4.79. The molecule has 36 heavy (non-hydrogen) atoms. The number of nitrogens with zero attached hydrogens (tertiary/aromatic N) is 1. The van der Waals surface area contributed by atoms with Crippen LogP contribution in [0.25, 0.3) is 0 Å². The molecule has 0 spiro atoms. The van der Waals surface area contributed by atoms with Crippen molar-refractivity contribution in [3.8, 4) is 0 Å². The van der Waals surface area contributed by atoms with Gasteiger partial charge in [-0.2, -0.15) is 0 Å². The first-order valence-electron chi connectivity index (χ1n) is 11.0. The Kier molecular flexibility index (Phi) is 7.20. The number of hydrogen-bond donors (Lipinski definition) is 1. The summed E-state index contributed by atoms with van der Waals surface area (Å²) < 4.78 is 9.86. The lowest BCUT2D eigenvalue weighted by atomic mass is 10.0. The Morgan fingerprint density at radius 1 is 0.833 bits per heavy atom. The van der Waals surface area contributed by atoms with E-state index in [9.17, 15) is 24.0 Å². The van der Waals surface area contributed by atoms with E-state index in [0.29, 0.717) is 16.8 Å². The number of imide groups is 1. The van der Waals surface area contributed by atoms with E-state index >= 15 is 0 Å². The Morgan fingerprint density at radius 3 is 2.00 bits per heavy atom. The number of nitrogens with one attached hydrogen (secondary N) is 1. The summed E-state index contributed by atoms with van der Waals surface area (Å²) in [5, 5.41) is 2.56. The van der Waals surface area contributed by atoms with Gasteiger partial charge in [-0.1, -0.05) is 42.5 Å². The maximum atomic E-state index is 13.1. The largest absolute Gasteiger partial charge is 0.465 e. The molecule has 0 saturated heterocycles. The molecular weight excluding hydrogens is 464 g/mol. The average molecular weight is 486 g/mol.